The Morgan fingerprint density at radius 3 is 2.74 bits per heavy atom. The van der Waals surface area contributed by atoms with Crippen LogP contribution in [0.5, 0.6) is 5.88 Å². The molecule has 3 aromatic rings. The van der Waals surface area contributed by atoms with Gasteiger partial charge in [-0.3, -0.25) is 14.7 Å². The fraction of sp³-hybridized carbons (Fsp3) is 0.440. The van der Waals surface area contributed by atoms with Crippen molar-refractivity contribution in [3.05, 3.63) is 59.9 Å². The minimum absolute atomic E-state index is 0.0903. The molecule has 1 amide bonds. The van der Waals surface area contributed by atoms with E-state index in [-0.39, 0.29) is 5.91 Å². The normalized spacial score (nSPS) is 17.3. The molecule has 0 aliphatic carbocycles. The number of hydrogen-bond acceptors (Lipinski definition) is 4. The zero-order valence-corrected chi connectivity index (χ0v) is 17.9. The van der Waals surface area contributed by atoms with E-state index in [1.165, 1.54) is 11.1 Å². The van der Waals surface area contributed by atoms with Crippen molar-refractivity contribution < 1.29 is 9.53 Å². The number of amides is 1. The molecule has 1 N–H and O–H groups in total. The molecule has 1 aromatic carbocycles. The van der Waals surface area contributed by atoms with Gasteiger partial charge in [0, 0.05) is 43.0 Å². The van der Waals surface area contributed by atoms with Crippen LogP contribution in [0.2, 0.25) is 0 Å². The maximum absolute atomic E-state index is 12.8. The Kier molecular flexibility index (Phi) is 5.89. The monoisotopic (exact) mass is 418 g/mol. The third-order valence-corrected chi connectivity index (χ3v) is 6.58. The predicted molar refractivity (Wildman–Crippen MR) is 121 cm³/mol. The van der Waals surface area contributed by atoms with Crippen molar-refractivity contribution in [1.82, 2.24) is 19.8 Å². The summed E-state index contributed by atoms with van der Waals surface area (Å²) in [5.41, 5.74) is 3.51. The molecule has 2 aliphatic rings. The van der Waals surface area contributed by atoms with Crippen LogP contribution in [0.3, 0.4) is 0 Å². The number of likely N-dealkylation sites (tertiary alicyclic amines) is 1. The number of ether oxygens (including phenoxy) is 1. The first-order valence-electron chi connectivity index (χ1n) is 11.4. The third-order valence-electron chi connectivity index (χ3n) is 6.58. The van der Waals surface area contributed by atoms with Gasteiger partial charge in [0.1, 0.15) is 0 Å². The maximum atomic E-state index is 12.8. The molecule has 0 spiro atoms. The Hall–Kier alpha value is -2.86. The Morgan fingerprint density at radius 2 is 1.90 bits per heavy atom. The summed E-state index contributed by atoms with van der Waals surface area (Å²) in [5.74, 6) is 1.52. The van der Waals surface area contributed by atoms with Gasteiger partial charge in [0.25, 0.3) is 0 Å². The number of piperidine rings is 1. The number of carbonyl (C=O) groups is 1. The number of benzene rings is 1. The fourth-order valence-corrected chi connectivity index (χ4v) is 4.88. The van der Waals surface area contributed by atoms with Gasteiger partial charge in [-0.1, -0.05) is 18.2 Å². The molecule has 162 valence electrons. The summed E-state index contributed by atoms with van der Waals surface area (Å²) in [4.78, 5) is 19.4. The van der Waals surface area contributed by atoms with Crippen LogP contribution < -0.4 is 10.1 Å². The molecule has 31 heavy (non-hydrogen) atoms. The van der Waals surface area contributed by atoms with Crippen molar-refractivity contribution in [1.29, 1.82) is 0 Å². The van der Waals surface area contributed by atoms with Crippen molar-refractivity contribution in [2.45, 2.75) is 38.8 Å². The van der Waals surface area contributed by atoms with E-state index in [4.69, 9.17) is 4.74 Å². The highest BCUT2D eigenvalue weighted by molar-refractivity contribution is 5.92. The van der Waals surface area contributed by atoms with Gasteiger partial charge in [0.2, 0.25) is 5.91 Å². The van der Waals surface area contributed by atoms with E-state index in [0.29, 0.717) is 12.3 Å². The smallest absolute Gasteiger partial charge is 0.224 e. The zero-order valence-electron chi connectivity index (χ0n) is 17.9. The van der Waals surface area contributed by atoms with Crippen LogP contribution in [0.25, 0.3) is 10.9 Å². The van der Waals surface area contributed by atoms with Gasteiger partial charge >= 0.3 is 0 Å². The highest BCUT2D eigenvalue weighted by Gasteiger charge is 2.24. The Labute approximate surface area is 183 Å². The van der Waals surface area contributed by atoms with E-state index < -0.39 is 0 Å². The standard InChI is InChI=1S/C25H30N4O2/c30-24(16-22-21-4-1-2-5-23(21)29-12-3-15-31-25(22)29)27-17-19-8-13-28(14-9-19)18-20-6-10-26-11-7-20/h1-2,4-7,10-11,19H,3,8-9,12-18H2,(H,27,30). The van der Waals surface area contributed by atoms with E-state index in [1.54, 1.807) is 0 Å². The van der Waals surface area contributed by atoms with Crippen molar-refractivity contribution >= 4 is 16.8 Å². The van der Waals surface area contributed by atoms with Gasteiger partial charge in [0.05, 0.1) is 18.5 Å². The number of carbonyl (C=O) groups excluding carboxylic acids is 1. The van der Waals surface area contributed by atoms with Crippen LogP contribution in [0.4, 0.5) is 0 Å². The zero-order chi connectivity index (χ0) is 21.0. The van der Waals surface area contributed by atoms with E-state index in [1.807, 2.05) is 18.5 Å². The molecule has 0 atom stereocenters. The molecule has 1 fully saturated rings. The van der Waals surface area contributed by atoms with Crippen LogP contribution in [0.15, 0.2) is 48.8 Å². The lowest BCUT2D eigenvalue weighted by Gasteiger charge is -2.32. The molecule has 0 bridgehead atoms. The van der Waals surface area contributed by atoms with E-state index in [9.17, 15) is 4.79 Å². The Bertz CT molecular complexity index is 1040. The quantitative estimate of drug-likeness (QED) is 0.667. The molecular formula is C25H30N4O2. The van der Waals surface area contributed by atoms with Gasteiger partial charge in [0.15, 0.2) is 5.88 Å². The molecular weight excluding hydrogens is 388 g/mol. The number of nitrogens with one attached hydrogen (secondary N) is 1. The number of rotatable bonds is 6. The molecule has 2 aromatic heterocycles. The molecule has 1 saturated heterocycles. The first-order valence-corrected chi connectivity index (χ1v) is 11.4. The average molecular weight is 419 g/mol. The molecule has 2 aliphatic heterocycles. The lowest BCUT2D eigenvalue weighted by molar-refractivity contribution is -0.120. The number of fused-ring (bicyclic) bond motifs is 3. The predicted octanol–water partition coefficient (Wildman–Crippen LogP) is 3.39. The van der Waals surface area contributed by atoms with Crippen molar-refractivity contribution in [2.24, 2.45) is 5.92 Å². The summed E-state index contributed by atoms with van der Waals surface area (Å²) in [6.07, 6.45) is 7.35. The highest BCUT2D eigenvalue weighted by atomic mass is 16.5. The highest BCUT2D eigenvalue weighted by Crippen LogP contribution is 2.34. The summed E-state index contributed by atoms with van der Waals surface area (Å²) in [6, 6.07) is 12.5. The summed E-state index contributed by atoms with van der Waals surface area (Å²) < 4.78 is 8.19. The van der Waals surface area contributed by atoms with Crippen molar-refractivity contribution in [3.8, 4) is 5.88 Å². The number of nitrogens with zero attached hydrogens (tertiary/aromatic N) is 3. The Balaban J connectivity index is 1.15. The number of aryl methyl sites for hydroxylation is 1. The molecule has 0 radical (unpaired) electrons. The van der Waals surface area contributed by atoms with Gasteiger partial charge in [-0.2, -0.15) is 0 Å². The molecule has 4 heterocycles. The summed E-state index contributed by atoms with van der Waals surface area (Å²) in [5, 5.41) is 4.33. The first kappa shape index (κ1) is 20.1. The van der Waals surface area contributed by atoms with Gasteiger partial charge in [-0.25, -0.2) is 0 Å². The first-order chi connectivity index (χ1) is 15.3. The van der Waals surface area contributed by atoms with Crippen LogP contribution in [0, 0.1) is 5.92 Å². The minimum atomic E-state index is 0.0903. The fourth-order valence-electron chi connectivity index (χ4n) is 4.88. The van der Waals surface area contributed by atoms with Crippen molar-refractivity contribution in [3.63, 3.8) is 0 Å². The molecule has 5 rings (SSSR count). The van der Waals surface area contributed by atoms with Gasteiger partial charge in [-0.15, -0.1) is 0 Å². The molecule has 6 heteroatoms. The van der Waals surface area contributed by atoms with E-state index in [0.717, 1.165) is 75.4 Å². The maximum Gasteiger partial charge on any atom is 0.224 e. The topological polar surface area (TPSA) is 59.4 Å². The molecule has 0 unspecified atom stereocenters. The van der Waals surface area contributed by atoms with Crippen LogP contribution in [-0.2, 0) is 24.3 Å². The van der Waals surface area contributed by atoms with Crippen LogP contribution >= 0.6 is 0 Å². The lowest BCUT2D eigenvalue weighted by atomic mass is 9.96. The Morgan fingerprint density at radius 1 is 1.10 bits per heavy atom. The summed E-state index contributed by atoms with van der Waals surface area (Å²) >= 11 is 0. The number of aromatic nitrogens is 2. The minimum Gasteiger partial charge on any atom is -0.479 e. The SMILES string of the molecule is O=C(Cc1c2n(c3ccccc13)CCCO2)NCC1CCN(Cc2ccncc2)CC1. The number of pyridine rings is 1. The second-order valence-corrected chi connectivity index (χ2v) is 8.71. The van der Waals surface area contributed by atoms with E-state index >= 15 is 0 Å². The largest absolute Gasteiger partial charge is 0.479 e. The summed E-state index contributed by atoms with van der Waals surface area (Å²) in [7, 11) is 0. The van der Waals surface area contributed by atoms with Crippen molar-refractivity contribution in [2.75, 3.05) is 26.2 Å². The lowest BCUT2D eigenvalue weighted by Crippen LogP contribution is -2.38. The van der Waals surface area contributed by atoms with Gasteiger partial charge in [-0.05, 0) is 62.0 Å². The molecule has 0 saturated carbocycles. The number of hydrogen-bond donors (Lipinski definition) is 1. The van der Waals surface area contributed by atoms with E-state index in [2.05, 4.69) is 50.1 Å². The third kappa shape index (κ3) is 4.44. The van der Waals surface area contributed by atoms with Crippen LogP contribution in [0.1, 0.15) is 30.4 Å². The second kappa shape index (κ2) is 9.10. The average Bonchev–Trinajstić information content (AvgIpc) is 3.13. The summed E-state index contributed by atoms with van der Waals surface area (Å²) in [6.45, 7) is 5.58. The van der Waals surface area contributed by atoms with Crippen LogP contribution in [-0.4, -0.2) is 46.6 Å². The second-order valence-electron chi connectivity index (χ2n) is 8.71. The van der Waals surface area contributed by atoms with Gasteiger partial charge < -0.3 is 14.6 Å². The number of para-hydroxylation sites is 1. The molecule has 6 nitrogen and oxygen atoms in total.